The lowest BCUT2D eigenvalue weighted by Gasteiger charge is -2.34. The van der Waals surface area contributed by atoms with Crippen LogP contribution >= 0.6 is 0 Å². The number of benzene rings is 2. The van der Waals surface area contributed by atoms with Crippen LogP contribution in [-0.2, 0) is 29.9 Å². The zero-order chi connectivity index (χ0) is 23.5. The van der Waals surface area contributed by atoms with E-state index in [9.17, 15) is 23.1 Å². The molecule has 0 radical (unpaired) electrons. The van der Waals surface area contributed by atoms with Gasteiger partial charge in [0.05, 0.1) is 12.4 Å². The Morgan fingerprint density at radius 2 is 2.00 bits per heavy atom. The Hall–Kier alpha value is -3.28. The number of hydrogen-bond donors (Lipinski definition) is 4. The Morgan fingerprint density at radius 3 is 2.62 bits per heavy atom. The van der Waals surface area contributed by atoms with Gasteiger partial charge in [0, 0.05) is 29.7 Å². The molecule has 0 spiro atoms. The van der Waals surface area contributed by atoms with Gasteiger partial charge in [-0.1, -0.05) is 12.1 Å². The van der Waals surface area contributed by atoms with Crippen LogP contribution in [-0.4, -0.2) is 62.8 Å². The Bertz CT molecular complexity index is 1130. The van der Waals surface area contributed by atoms with Crippen LogP contribution in [0.25, 0.3) is 0 Å². The first kappa shape index (κ1) is 23.4. The minimum atomic E-state index is -3.25. The molecule has 1 saturated heterocycles. The van der Waals surface area contributed by atoms with Crippen LogP contribution in [0.3, 0.4) is 0 Å². The summed E-state index contributed by atoms with van der Waals surface area (Å²) in [6.45, 7) is 0.281. The van der Waals surface area contributed by atoms with E-state index < -0.39 is 33.9 Å². The number of aliphatic hydroxyl groups is 1. The molecule has 170 valence electrons. The van der Waals surface area contributed by atoms with Crippen molar-refractivity contribution in [3.8, 4) is 0 Å². The minimum absolute atomic E-state index is 0.0877. The van der Waals surface area contributed by atoms with Gasteiger partial charge in [0.15, 0.2) is 22.0 Å². The van der Waals surface area contributed by atoms with Gasteiger partial charge in [-0.25, -0.2) is 8.42 Å². The van der Waals surface area contributed by atoms with Gasteiger partial charge in [0.1, 0.15) is 5.84 Å². The number of nitrogen functional groups attached to an aromatic ring is 1. The minimum Gasteiger partial charge on any atom is -0.384 e. The summed E-state index contributed by atoms with van der Waals surface area (Å²) in [6, 6.07) is 12.6. The van der Waals surface area contributed by atoms with E-state index in [0.717, 1.165) is 6.26 Å². The van der Waals surface area contributed by atoms with Crippen molar-refractivity contribution in [2.75, 3.05) is 29.6 Å². The highest BCUT2D eigenvalue weighted by molar-refractivity contribution is 7.89. The predicted molar refractivity (Wildman–Crippen MR) is 119 cm³/mol. The summed E-state index contributed by atoms with van der Waals surface area (Å²) >= 11 is 0. The molecule has 5 N–H and O–H groups in total. The molecule has 0 aliphatic carbocycles. The predicted octanol–water partition coefficient (Wildman–Crippen LogP) is 0.247. The summed E-state index contributed by atoms with van der Waals surface area (Å²) in [5, 5.41) is 20.3. The fourth-order valence-electron chi connectivity index (χ4n) is 3.29. The molecule has 10 nitrogen and oxygen atoms in total. The second-order valence-electron chi connectivity index (χ2n) is 7.45. The SMILES string of the molecule is CS(=O)(=O)Cc1cccc(N2CCOC([C@@H](O)C(=O)Nc3ccc(C(=N)N)cc3)C2=O)c1. The van der Waals surface area contributed by atoms with Gasteiger partial charge in [-0.15, -0.1) is 0 Å². The largest absolute Gasteiger partial charge is 0.384 e. The van der Waals surface area contributed by atoms with Gasteiger partial charge in [-0.3, -0.25) is 15.0 Å². The Balaban J connectivity index is 1.72. The lowest BCUT2D eigenvalue weighted by Crippen LogP contribution is -2.55. The summed E-state index contributed by atoms with van der Waals surface area (Å²) in [7, 11) is -3.25. The van der Waals surface area contributed by atoms with Gasteiger partial charge in [-0.05, 0) is 42.0 Å². The first-order valence-electron chi connectivity index (χ1n) is 9.68. The molecule has 0 aromatic heterocycles. The van der Waals surface area contributed by atoms with Crippen LogP contribution in [0.4, 0.5) is 11.4 Å². The third-order valence-electron chi connectivity index (χ3n) is 4.79. The first-order valence-corrected chi connectivity index (χ1v) is 11.7. The van der Waals surface area contributed by atoms with Crippen LogP contribution in [0.15, 0.2) is 48.5 Å². The Morgan fingerprint density at radius 1 is 1.31 bits per heavy atom. The van der Waals surface area contributed by atoms with Gasteiger partial charge < -0.3 is 25.8 Å². The Kier molecular flexibility index (Phi) is 6.92. The number of hydrogen-bond acceptors (Lipinski definition) is 7. The van der Waals surface area contributed by atoms with E-state index in [2.05, 4.69) is 5.32 Å². The quantitative estimate of drug-likeness (QED) is 0.340. The number of sulfone groups is 1. The average Bonchev–Trinajstić information content (AvgIpc) is 2.72. The number of rotatable bonds is 7. The number of amidine groups is 1. The molecule has 32 heavy (non-hydrogen) atoms. The summed E-state index contributed by atoms with van der Waals surface area (Å²) in [5.74, 6) is -1.73. The summed E-state index contributed by atoms with van der Waals surface area (Å²) in [6.07, 6.45) is -2.06. The fourth-order valence-corrected chi connectivity index (χ4v) is 4.08. The van der Waals surface area contributed by atoms with Crippen molar-refractivity contribution in [1.29, 1.82) is 5.41 Å². The molecule has 2 aromatic carbocycles. The van der Waals surface area contributed by atoms with E-state index in [1.54, 1.807) is 24.3 Å². The molecule has 2 aromatic rings. The molecular formula is C21H24N4O6S. The van der Waals surface area contributed by atoms with E-state index in [4.69, 9.17) is 15.9 Å². The van der Waals surface area contributed by atoms with Crippen molar-refractivity contribution in [3.63, 3.8) is 0 Å². The smallest absolute Gasteiger partial charge is 0.259 e. The highest BCUT2D eigenvalue weighted by Crippen LogP contribution is 2.23. The zero-order valence-corrected chi connectivity index (χ0v) is 18.1. The van der Waals surface area contributed by atoms with Crippen LogP contribution < -0.4 is 16.0 Å². The maximum absolute atomic E-state index is 12.9. The molecule has 11 heteroatoms. The van der Waals surface area contributed by atoms with Crippen LogP contribution in [0.1, 0.15) is 11.1 Å². The third-order valence-corrected chi connectivity index (χ3v) is 5.65. The Labute approximate surface area is 185 Å². The number of carbonyl (C=O) groups excluding carboxylic acids is 2. The van der Waals surface area contributed by atoms with Crippen molar-refractivity contribution >= 4 is 38.9 Å². The number of nitrogens with two attached hydrogens (primary N) is 1. The molecule has 1 aliphatic heterocycles. The zero-order valence-electron chi connectivity index (χ0n) is 17.3. The number of carbonyl (C=O) groups is 2. The first-order chi connectivity index (χ1) is 15.0. The van der Waals surface area contributed by atoms with Crippen molar-refractivity contribution in [1.82, 2.24) is 0 Å². The number of amides is 2. The monoisotopic (exact) mass is 460 g/mol. The van der Waals surface area contributed by atoms with Crippen molar-refractivity contribution in [2.24, 2.45) is 5.73 Å². The van der Waals surface area contributed by atoms with E-state index >= 15 is 0 Å². The maximum Gasteiger partial charge on any atom is 0.259 e. The summed E-state index contributed by atoms with van der Waals surface area (Å²) in [4.78, 5) is 26.8. The van der Waals surface area contributed by atoms with Gasteiger partial charge in [-0.2, -0.15) is 0 Å². The second-order valence-corrected chi connectivity index (χ2v) is 9.59. The highest BCUT2D eigenvalue weighted by Gasteiger charge is 2.39. The molecule has 1 fully saturated rings. The lowest BCUT2D eigenvalue weighted by molar-refractivity contribution is -0.150. The summed E-state index contributed by atoms with van der Waals surface area (Å²) in [5.41, 5.74) is 7.20. The number of nitrogens with one attached hydrogen (secondary N) is 2. The van der Waals surface area contributed by atoms with Gasteiger partial charge >= 0.3 is 0 Å². The van der Waals surface area contributed by atoms with E-state index in [0.29, 0.717) is 22.5 Å². The van der Waals surface area contributed by atoms with E-state index in [-0.39, 0.29) is 24.7 Å². The van der Waals surface area contributed by atoms with Crippen molar-refractivity contribution in [2.45, 2.75) is 18.0 Å². The molecule has 2 atom stereocenters. The van der Waals surface area contributed by atoms with Crippen molar-refractivity contribution < 1.29 is 27.9 Å². The average molecular weight is 461 g/mol. The topological polar surface area (TPSA) is 163 Å². The number of ether oxygens (including phenoxy) is 1. The number of morpholine rings is 1. The van der Waals surface area contributed by atoms with E-state index in [1.165, 1.54) is 29.2 Å². The van der Waals surface area contributed by atoms with Crippen molar-refractivity contribution in [3.05, 3.63) is 59.7 Å². The van der Waals surface area contributed by atoms with Gasteiger partial charge in [0.2, 0.25) is 0 Å². The molecule has 0 bridgehead atoms. The molecule has 2 amide bonds. The molecule has 1 aliphatic rings. The van der Waals surface area contributed by atoms with E-state index in [1.807, 2.05) is 0 Å². The van der Waals surface area contributed by atoms with Crippen LogP contribution in [0.2, 0.25) is 0 Å². The molecule has 3 rings (SSSR count). The standard InChI is InChI=1S/C21H24N4O6S/c1-32(29,30)12-13-3-2-4-16(11-13)25-9-10-31-18(21(25)28)17(26)20(27)24-15-7-5-14(6-8-15)19(22)23/h2-8,11,17-18,26H,9-10,12H2,1H3,(H3,22,23)(H,24,27)/t17-,18?/m1/s1. The fraction of sp³-hybridized carbons (Fsp3) is 0.286. The third kappa shape index (κ3) is 5.69. The normalized spacial score (nSPS) is 17.6. The maximum atomic E-state index is 12.9. The van der Waals surface area contributed by atoms with Crippen LogP contribution in [0.5, 0.6) is 0 Å². The number of nitrogens with zero attached hydrogens (tertiary/aromatic N) is 1. The highest BCUT2D eigenvalue weighted by atomic mass is 32.2. The number of anilines is 2. The number of aliphatic hydroxyl groups excluding tert-OH is 1. The van der Waals surface area contributed by atoms with Crippen LogP contribution in [0, 0.1) is 5.41 Å². The lowest BCUT2D eigenvalue weighted by atomic mass is 10.1. The van der Waals surface area contributed by atoms with Gasteiger partial charge in [0.25, 0.3) is 11.8 Å². The second kappa shape index (κ2) is 9.47. The molecular weight excluding hydrogens is 436 g/mol. The summed E-state index contributed by atoms with van der Waals surface area (Å²) < 4.78 is 28.5. The molecule has 1 unspecified atom stereocenters. The molecule has 0 saturated carbocycles. The molecule has 1 heterocycles.